The normalized spacial score (nSPS) is 10.8. The predicted octanol–water partition coefficient (Wildman–Crippen LogP) is 3.09. The van der Waals surface area contributed by atoms with Crippen molar-refractivity contribution >= 4 is 16.8 Å². The van der Waals surface area contributed by atoms with Gasteiger partial charge in [0, 0.05) is 24.6 Å². The van der Waals surface area contributed by atoms with Crippen LogP contribution < -0.4 is 5.56 Å². The van der Waals surface area contributed by atoms with Crippen molar-refractivity contribution in [2.45, 2.75) is 26.9 Å². The van der Waals surface area contributed by atoms with E-state index in [1.807, 2.05) is 31.2 Å². The smallest absolute Gasteiger partial charge is 0.253 e. The van der Waals surface area contributed by atoms with Crippen LogP contribution in [0.1, 0.15) is 23.6 Å². The van der Waals surface area contributed by atoms with Crippen molar-refractivity contribution in [1.82, 2.24) is 9.88 Å². The minimum absolute atomic E-state index is 0.136. The van der Waals surface area contributed by atoms with Crippen LogP contribution in [-0.2, 0) is 17.9 Å². The number of hydrogen-bond acceptors (Lipinski definition) is 3. The van der Waals surface area contributed by atoms with Gasteiger partial charge in [0.15, 0.2) is 0 Å². The summed E-state index contributed by atoms with van der Waals surface area (Å²) in [6.07, 6.45) is 0. The van der Waals surface area contributed by atoms with Gasteiger partial charge in [0.1, 0.15) is 5.75 Å². The fourth-order valence-electron chi connectivity index (χ4n) is 2.88. The van der Waals surface area contributed by atoms with E-state index in [4.69, 9.17) is 0 Å². The number of phenols is 1. The molecular weight excluding hydrogens is 316 g/mol. The topological polar surface area (TPSA) is 73.4 Å². The SMILES string of the molecule is CC(=O)N(Cc1ccccc1O)Cc1cc2cccc(C)c2[nH]c1=O. The molecule has 0 bridgehead atoms. The number of nitrogens with zero attached hydrogens (tertiary/aromatic N) is 1. The Morgan fingerprint density at radius 2 is 1.80 bits per heavy atom. The second-order valence-corrected chi connectivity index (χ2v) is 6.17. The highest BCUT2D eigenvalue weighted by Gasteiger charge is 2.15. The maximum Gasteiger partial charge on any atom is 0.253 e. The summed E-state index contributed by atoms with van der Waals surface area (Å²) in [5, 5.41) is 10.9. The molecule has 0 aliphatic heterocycles. The van der Waals surface area contributed by atoms with Crippen molar-refractivity contribution in [3.8, 4) is 5.75 Å². The van der Waals surface area contributed by atoms with Crippen LogP contribution in [0.2, 0.25) is 0 Å². The van der Waals surface area contributed by atoms with Crippen molar-refractivity contribution in [2.24, 2.45) is 0 Å². The number of pyridine rings is 1. The van der Waals surface area contributed by atoms with Gasteiger partial charge in [-0.2, -0.15) is 0 Å². The van der Waals surface area contributed by atoms with E-state index in [0.717, 1.165) is 16.5 Å². The molecule has 0 saturated heterocycles. The van der Waals surface area contributed by atoms with Gasteiger partial charge >= 0.3 is 0 Å². The summed E-state index contributed by atoms with van der Waals surface area (Å²) < 4.78 is 0. The first-order chi connectivity index (χ1) is 12.0. The lowest BCUT2D eigenvalue weighted by Crippen LogP contribution is -2.30. The number of benzene rings is 2. The van der Waals surface area contributed by atoms with E-state index >= 15 is 0 Å². The molecule has 0 aliphatic carbocycles. The molecule has 25 heavy (non-hydrogen) atoms. The van der Waals surface area contributed by atoms with Crippen molar-refractivity contribution in [2.75, 3.05) is 0 Å². The highest BCUT2D eigenvalue weighted by atomic mass is 16.3. The lowest BCUT2D eigenvalue weighted by molar-refractivity contribution is -0.130. The van der Waals surface area contributed by atoms with E-state index in [-0.39, 0.29) is 30.3 Å². The number of aromatic nitrogens is 1. The first-order valence-corrected chi connectivity index (χ1v) is 8.09. The van der Waals surface area contributed by atoms with Gasteiger partial charge in [-0.1, -0.05) is 36.4 Å². The van der Waals surface area contributed by atoms with Crippen LogP contribution in [-0.4, -0.2) is 20.9 Å². The number of carbonyl (C=O) groups excluding carboxylic acids is 1. The number of aryl methyl sites for hydroxylation is 1. The Labute approximate surface area is 145 Å². The number of carbonyl (C=O) groups is 1. The quantitative estimate of drug-likeness (QED) is 0.769. The largest absolute Gasteiger partial charge is 0.508 e. The van der Waals surface area contributed by atoms with E-state index in [1.54, 1.807) is 29.2 Å². The molecule has 2 N–H and O–H groups in total. The third-order valence-corrected chi connectivity index (χ3v) is 4.32. The molecule has 128 valence electrons. The Kier molecular flexibility index (Phi) is 4.57. The van der Waals surface area contributed by atoms with E-state index in [0.29, 0.717) is 11.1 Å². The fraction of sp³-hybridized carbons (Fsp3) is 0.200. The second-order valence-electron chi connectivity index (χ2n) is 6.17. The van der Waals surface area contributed by atoms with Crippen LogP contribution >= 0.6 is 0 Å². The summed E-state index contributed by atoms with van der Waals surface area (Å²) in [4.78, 5) is 28.9. The molecule has 0 fully saturated rings. The molecule has 0 unspecified atom stereocenters. The zero-order valence-electron chi connectivity index (χ0n) is 14.2. The molecule has 0 atom stereocenters. The van der Waals surface area contributed by atoms with Gasteiger partial charge in [-0.05, 0) is 30.0 Å². The van der Waals surface area contributed by atoms with Crippen molar-refractivity contribution in [1.29, 1.82) is 0 Å². The van der Waals surface area contributed by atoms with Crippen LogP contribution in [0, 0.1) is 6.92 Å². The lowest BCUT2D eigenvalue weighted by atomic mass is 10.1. The molecule has 1 amide bonds. The molecule has 2 aromatic carbocycles. The van der Waals surface area contributed by atoms with E-state index < -0.39 is 0 Å². The number of hydrogen-bond donors (Lipinski definition) is 2. The monoisotopic (exact) mass is 336 g/mol. The number of aromatic hydroxyl groups is 1. The van der Waals surface area contributed by atoms with Crippen LogP contribution in [0.15, 0.2) is 53.3 Å². The molecule has 1 aromatic heterocycles. The molecular formula is C20H20N2O3. The van der Waals surface area contributed by atoms with Crippen molar-refractivity contribution in [3.05, 3.63) is 75.6 Å². The number of nitrogens with one attached hydrogen (secondary N) is 1. The standard InChI is InChI=1S/C20H20N2O3/c1-13-6-5-8-15-10-17(20(25)21-19(13)15)12-22(14(2)23)11-16-7-3-4-9-18(16)24/h3-10,24H,11-12H2,1-2H3,(H,21,25). The number of H-pyrrole nitrogens is 1. The highest BCUT2D eigenvalue weighted by molar-refractivity contribution is 5.82. The predicted molar refractivity (Wildman–Crippen MR) is 97.3 cm³/mol. The van der Waals surface area contributed by atoms with Crippen LogP contribution in [0.4, 0.5) is 0 Å². The molecule has 1 heterocycles. The molecule has 3 aromatic rings. The number of para-hydroxylation sites is 2. The molecule has 0 spiro atoms. The van der Waals surface area contributed by atoms with Crippen LogP contribution in [0.5, 0.6) is 5.75 Å². The van der Waals surface area contributed by atoms with Gasteiger partial charge < -0.3 is 15.0 Å². The van der Waals surface area contributed by atoms with E-state index in [2.05, 4.69) is 4.98 Å². The summed E-state index contributed by atoms with van der Waals surface area (Å²) >= 11 is 0. The lowest BCUT2D eigenvalue weighted by Gasteiger charge is -2.21. The Hall–Kier alpha value is -3.08. The molecule has 0 radical (unpaired) electrons. The number of aromatic amines is 1. The summed E-state index contributed by atoms with van der Waals surface area (Å²) in [5.41, 5.74) is 2.77. The van der Waals surface area contributed by atoms with Crippen LogP contribution in [0.3, 0.4) is 0 Å². The highest BCUT2D eigenvalue weighted by Crippen LogP contribution is 2.20. The minimum Gasteiger partial charge on any atom is -0.508 e. The Bertz CT molecular complexity index is 992. The third kappa shape index (κ3) is 3.55. The average Bonchev–Trinajstić information content (AvgIpc) is 2.57. The Balaban J connectivity index is 1.94. The Morgan fingerprint density at radius 3 is 2.52 bits per heavy atom. The Morgan fingerprint density at radius 1 is 1.08 bits per heavy atom. The second kappa shape index (κ2) is 6.81. The molecule has 0 saturated carbocycles. The van der Waals surface area contributed by atoms with Gasteiger partial charge in [-0.15, -0.1) is 0 Å². The summed E-state index contributed by atoms with van der Waals surface area (Å²) in [6, 6.07) is 14.5. The molecule has 5 heteroatoms. The maximum atomic E-state index is 12.4. The number of rotatable bonds is 4. The zero-order chi connectivity index (χ0) is 18.0. The van der Waals surface area contributed by atoms with Crippen LogP contribution in [0.25, 0.3) is 10.9 Å². The number of fused-ring (bicyclic) bond motifs is 1. The molecule has 3 rings (SSSR count). The summed E-state index contributed by atoms with van der Waals surface area (Å²) in [6.45, 7) is 3.83. The molecule has 5 nitrogen and oxygen atoms in total. The third-order valence-electron chi connectivity index (χ3n) is 4.32. The van der Waals surface area contributed by atoms with Gasteiger partial charge in [0.05, 0.1) is 12.1 Å². The number of phenolic OH excluding ortho intramolecular Hbond substituents is 1. The number of amides is 1. The van der Waals surface area contributed by atoms with Gasteiger partial charge in [-0.25, -0.2) is 0 Å². The average molecular weight is 336 g/mol. The van der Waals surface area contributed by atoms with Crippen molar-refractivity contribution < 1.29 is 9.90 Å². The van der Waals surface area contributed by atoms with Gasteiger partial charge in [0.25, 0.3) is 5.56 Å². The maximum absolute atomic E-state index is 12.4. The van der Waals surface area contributed by atoms with E-state index in [9.17, 15) is 14.7 Å². The fourth-order valence-corrected chi connectivity index (χ4v) is 2.88. The minimum atomic E-state index is -0.203. The van der Waals surface area contributed by atoms with Gasteiger partial charge in [0.2, 0.25) is 5.91 Å². The zero-order valence-corrected chi connectivity index (χ0v) is 14.2. The van der Waals surface area contributed by atoms with Gasteiger partial charge in [-0.3, -0.25) is 9.59 Å². The summed E-state index contributed by atoms with van der Waals surface area (Å²) in [5.74, 6) is -0.0243. The first-order valence-electron chi connectivity index (χ1n) is 8.09. The first kappa shape index (κ1) is 16.8. The van der Waals surface area contributed by atoms with E-state index in [1.165, 1.54) is 6.92 Å². The summed E-state index contributed by atoms with van der Waals surface area (Å²) in [7, 11) is 0. The molecule has 0 aliphatic rings. The van der Waals surface area contributed by atoms with Crippen molar-refractivity contribution in [3.63, 3.8) is 0 Å².